The van der Waals surface area contributed by atoms with Crippen molar-refractivity contribution in [3.63, 3.8) is 0 Å². The molecule has 2 rings (SSSR count). The molecule has 2 aliphatic rings. The van der Waals surface area contributed by atoms with E-state index in [0.29, 0.717) is 18.1 Å². The van der Waals surface area contributed by atoms with Crippen LogP contribution >= 0.6 is 0 Å². The van der Waals surface area contributed by atoms with E-state index >= 15 is 0 Å². The summed E-state index contributed by atoms with van der Waals surface area (Å²) in [5.41, 5.74) is 6.00. The quantitative estimate of drug-likeness (QED) is 0.682. The van der Waals surface area contributed by atoms with Gasteiger partial charge in [0, 0.05) is 18.1 Å². The van der Waals surface area contributed by atoms with Gasteiger partial charge in [-0.25, -0.2) is 0 Å². The van der Waals surface area contributed by atoms with Gasteiger partial charge in [0.1, 0.15) is 0 Å². The van der Waals surface area contributed by atoms with Crippen molar-refractivity contribution in [1.29, 1.82) is 0 Å². The first-order chi connectivity index (χ1) is 6.31. The monoisotopic (exact) mass is 184 g/mol. The first-order valence-corrected chi connectivity index (χ1v) is 5.40. The van der Waals surface area contributed by atoms with Crippen LogP contribution in [0.1, 0.15) is 26.2 Å². The van der Waals surface area contributed by atoms with Gasteiger partial charge >= 0.3 is 0 Å². The Hall–Kier alpha value is -0.120. The molecule has 2 saturated heterocycles. The molecule has 0 aromatic rings. The second-order valence-corrected chi connectivity index (χ2v) is 4.31. The first kappa shape index (κ1) is 9.44. The highest BCUT2D eigenvalue weighted by molar-refractivity contribution is 4.92. The molecular formula is C10H20N2O. The Morgan fingerprint density at radius 1 is 1.31 bits per heavy atom. The van der Waals surface area contributed by atoms with Crippen LogP contribution < -0.4 is 5.73 Å². The third-order valence-corrected chi connectivity index (χ3v) is 3.19. The van der Waals surface area contributed by atoms with E-state index in [-0.39, 0.29) is 0 Å². The Bertz CT molecular complexity index is 160. The summed E-state index contributed by atoms with van der Waals surface area (Å²) < 4.78 is 5.56. The number of nitrogens with two attached hydrogens (primary N) is 1. The molecule has 0 aromatic heterocycles. The number of morpholine rings is 1. The van der Waals surface area contributed by atoms with Crippen molar-refractivity contribution in [2.75, 3.05) is 19.8 Å². The fourth-order valence-electron chi connectivity index (χ4n) is 2.66. The zero-order chi connectivity index (χ0) is 9.26. The molecule has 3 atom stereocenters. The number of piperidine rings is 1. The summed E-state index contributed by atoms with van der Waals surface area (Å²) in [5.74, 6) is 0. The molecule has 0 unspecified atom stereocenters. The van der Waals surface area contributed by atoms with Crippen molar-refractivity contribution < 1.29 is 4.74 Å². The lowest BCUT2D eigenvalue weighted by Gasteiger charge is -2.47. The Balaban J connectivity index is 2.01. The van der Waals surface area contributed by atoms with Crippen molar-refractivity contribution >= 4 is 0 Å². The van der Waals surface area contributed by atoms with Crippen LogP contribution in [-0.2, 0) is 4.74 Å². The molecule has 3 nitrogen and oxygen atoms in total. The smallest absolute Gasteiger partial charge is 0.0623 e. The Kier molecular flexibility index (Phi) is 2.86. The molecule has 0 spiro atoms. The summed E-state index contributed by atoms with van der Waals surface area (Å²) in [7, 11) is 0. The lowest BCUT2D eigenvalue weighted by atomic mass is 9.90. The number of hydrogen-bond donors (Lipinski definition) is 1. The molecule has 0 aromatic carbocycles. The van der Waals surface area contributed by atoms with Crippen LogP contribution in [0.2, 0.25) is 0 Å². The van der Waals surface area contributed by atoms with Crippen LogP contribution in [0.25, 0.3) is 0 Å². The van der Waals surface area contributed by atoms with Crippen LogP contribution in [0.15, 0.2) is 0 Å². The van der Waals surface area contributed by atoms with Gasteiger partial charge in [-0.05, 0) is 25.8 Å². The van der Waals surface area contributed by atoms with Crippen molar-refractivity contribution in [3.05, 3.63) is 0 Å². The minimum Gasteiger partial charge on any atom is -0.378 e. The maximum atomic E-state index is 6.00. The van der Waals surface area contributed by atoms with E-state index < -0.39 is 0 Å². The third-order valence-electron chi connectivity index (χ3n) is 3.19. The predicted molar refractivity (Wildman–Crippen MR) is 52.6 cm³/mol. The first-order valence-electron chi connectivity index (χ1n) is 5.40. The third kappa shape index (κ3) is 1.87. The van der Waals surface area contributed by atoms with Crippen LogP contribution in [0, 0.1) is 0 Å². The average molecular weight is 184 g/mol. The molecule has 0 radical (unpaired) electrons. The van der Waals surface area contributed by atoms with Gasteiger partial charge in [-0.2, -0.15) is 0 Å². The average Bonchev–Trinajstić information content (AvgIpc) is 2.07. The minimum atomic E-state index is 0.409. The topological polar surface area (TPSA) is 38.5 Å². The molecule has 0 saturated carbocycles. The summed E-state index contributed by atoms with van der Waals surface area (Å²) in [6.07, 6.45) is 3.48. The number of ether oxygens (including phenoxy) is 1. The molecule has 2 aliphatic heterocycles. The predicted octanol–water partition coefficient (Wildman–Crippen LogP) is 0.587. The normalized spacial score (nSPS) is 40.6. The molecule has 3 heteroatoms. The summed E-state index contributed by atoms with van der Waals surface area (Å²) in [6.45, 7) is 5.24. The second kappa shape index (κ2) is 3.95. The number of rotatable bonds is 2. The summed E-state index contributed by atoms with van der Waals surface area (Å²) >= 11 is 0. The maximum absolute atomic E-state index is 6.00. The minimum absolute atomic E-state index is 0.409. The zero-order valence-electron chi connectivity index (χ0n) is 8.41. The summed E-state index contributed by atoms with van der Waals surface area (Å²) in [4.78, 5) is 2.60. The molecule has 13 heavy (non-hydrogen) atoms. The van der Waals surface area contributed by atoms with Crippen molar-refractivity contribution in [3.8, 4) is 0 Å². The van der Waals surface area contributed by atoms with Gasteiger partial charge in [0.25, 0.3) is 0 Å². The Morgan fingerprint density at radius 2 is 1.92 bits per heavy atom. The zero-order valence-corrected chi connectivity index (χ0v) is 8.41. The number of nitrogens with zero attached hydrogens (tertiary/aromatic N) is 1. The van der Waals surface area contributed by atoms with E-state index in [9.17, 15) is 0 Å². The highest BCUT2D eigenvalue weighted by atomic mass is 16.5. The standard InChI is InChI=1S/C10H20N2O/c1-2-3-12-9-4-8(11)5-10(12)7-13-6-9/h8-10H,2-7,11H2,1H3/t8-,9-,10+. The highest BCUT2D eigenvalue weighted by Gasteiger charge is 2.36. The van der Waals surface area contributed by atoms with Gasteiger partial charge in [-0.1, -0.05) is 6.92 Å². The summed E-state index contributed by atoms with van der Waals surface area (Å²) in [6, 6.07) is 1.61. The Labute approximate surface area is 80.2 Å². The van der Waals surface area contributed by atoms with Crippen molar-refractivity contribution in [1.82, 2.24) is 4.90 Å². The maximum Gasteiger partial charge on any atom is 0.0623 e. The fourth-order valence-corrected chi connectivity index (χ4v) is 2.66. The van der Waals surface area contributed by atoms with Crippen LogP contribution in [0.5, 0.6) is 0 Å². The second-order valence-electron chi connectivity index (χ2n) is 4.31. The largest absolute Gasteiger partial charge is 0.378 e. The summed E-state index contributed by atoms with van der Waals surface area (Å²) in [5, 5.41) is 0. The molecule has 0 aliphatic carbocycles. The molecule has 0 amide bonds. The molecule has 2 N–H and O–H groups in total. The SMILES string of the molecule is CCCN1[C@@H]2COC[C@H]1C[C@@H](N)C2. The molecular weight excluding hydrogens is 164 g/mol. The lowest BCUT2D eigenvalue weighted by molar-refractivity contribution is -0.0773. The van der Waals surface area contributed by atoms with E-state index in [4.69, 9.17) is 10.5 Å². The van der Waals surface area contributed by atoms with Gasteiger partial charge in [-0.3, -0.25) is 4.90 Å². The molecule has 76 valence electrons. The molecule has 2 fully saturated rings. The number of hydrogen-bond acceptors (Lipinski definition) is 3. The lowest BCUT2D eigenvalue weighted by Crippen LogP contribution is -2.59. The van der Waals surface area contributed by atoms with Crippen LogP contribution in [-0.4, -0.2) is 42.8 Å². The van der Waals surface area contributed by atoms with Crippen molar-refractivity contribution in [2.24, 2.45) is 5.73 Å². The van der Waals surface area contributed by atoms with Gasteiger partial charge in [-0.15, -0.1) is 0 Å². The van der Waals surface area contributed by atoms with E-state index in [1.54, 1.807) is 0 Å². The van der Waals surface area contributed by atoms with Gasteiger partial charge in [0.05, 0.1) is 13.2 Å². The van der Waals surface area contributed by atoms with E-state index in [1.165, 1.54) is 13.0 Å². The van der Waals surface area contributed by atoms with Gasteiger partial charge < -0.3 is 10.5 Å². The van der Waals surface area contributed by atoms with Gasteiger partial charge in [0.2, 0.25) is 0 Å². The van der Waals surface area contributed by atoms with Gasteiger partial charge in [0.15, 0.2) is 0 Å². The fraction of sp³-hybridized carbons (Fsp3) is 1.00. The van der Waals surface area contributed by atoms with Crippen LogP contribution in [0.4, 0.5) is 0 Å². The van der Waals surface area contributed by atoms with E-state index in [0.717, 1.165) is 26.1 Å². The highest BCUT2D eigenvalue weighted by Crippen LogP contribution is 2.26. The van der Waals surface area contributed by atoms with E-state index in [2.05, 4.69) is 11.8 Å². The molecule has 2 bridgehead atoms. The number of fused-ring (bicyclic) bond motifs is 2. The van der Waals surface area contributed by atoms with E-state index in [1.807, 2.05) is 0 Å². The molecule has 2 heterocycles. The Morgan fingerprint density at radius 3 is 2.46 bits per heavy atom. The van der Waals surface area contributed by atoms with Crippen LogP contribution in [0.3, 0.4) is 0 Å². The van der Waals surface area contributed by atoms with Crippen molar-refractivity contribution in [2.45, 2.75) is 44.3 Å².